The molecule has 1 spiro atoms. The van der Waals surface area contributed by atoms with Crippen LogP contribution in [0.3, 0.4) is 0 Å². The first-order valence-electron chi connectivity index (χ1n) is 8.84. The molecule has 0 radical (unpaired) electrons. The van der Waals surface area contributed by atoms with Crippen LogP contribution in [0, 0.1) is 5.41 Å². The van der Waals surface area contributed by atoms with Crippen LogP contribution in [0.15, 0.2) is 0 Å². The van der Waals surface area contributed by atoms with E-state index in [4.69, 9.17) is 4.74 Å². The second-order valence-corrected chi connectivity index (χ2v) is 7.09. The van der Waals surface area contributed by atoms with Crippen LogP contribution in [0.5, 0.6) is 0 Å². The van der Waals surface area contributed by atoms with E-state index in [0.717, 1.165) is 39.0 Å². The van der Waals surface area contributed by atoms with E-state index in [-0.39, 0.29) is 6.04 Å². The molecule has 1 aliphatic heterocycles. The van der Waals surface area contributed by atoms with Gasteiger partial charge in [-0.1, -0.05) is 6.42 Å². The zero-order valence-corrected chi connectivity index (χ0v) is 13.6. The first-order chi connectivity index (χ1) is 10.2. The third-order valence-electron chi connectivity index (χ3n) is 5.93. The topological polar surface area (TPSA) is 41.6 Å². The molecule has 1 saturated heterocycles. The standard InChI is InChI=1S/C17H30N2O2/c1-3-21-15-12-14(17(15)8-7-9-17)18-13(2)16(20)19-10-5-4-6-11-19/h13-15,18H,3-12H2,1-2H3. The van der Waals surface area contributed by atoms with Crippen molar-refractivity contribution in [3.05, 3.63) is 0 Å². The Labute approximate surface area is 128 Å². The Balaban J connectivity index is 1.53. The van der Waals surface area contributed by atoms with Gasteiger partial charge in [-0.15, -0.1) is 0 Å². The van der Waals surface area contributed by atoms with Gasteiger partial charge in [0.25, 0.3) is 0 Å². The molecule has 1 heterocycles. The Morgan fingerprint density at radius 1 is 1.29 bits per heavy atom. The van der Waals surface area contributed by atoms with Crippen molar-refractivity contribution in [3.63, 3.8) is 0 Å². The molecule has 1 N–H and O–H groups in total. The van der Waals surface area contributed by atoms with Crippen LogP contribution in [0.1, 0.15) is 58.8 Å². The molecule has 120 valence electrons. The molecule has 3 atom stereocenters. The summed E-state index contributed by atoms with van der Waals surface area (Å²) in [7, 11) is 0. The molecule has 3 fully saturated rings. The van der Waals surface area contributed by atoms with Gasteiger partial charge >= 0.3 is 0 Å². The second-order valence-electron chi connectivity index (χ2n) is 7.09. The van der Waals surface area contributed by atoms with Crippen molar-refractivity contribution in [3.8, 4) is 0 Å². The number of ether oxygens (including phenoxy) is 1. The smallest absolute Gasteiger partial charge is 0.239 e. The molecule has 2 aliphatic carbocycles. The molecule has 3 rings (SSSR count). The molecule has 4 heteroatoms. The number of likely N-dealkylation sites (tertiary alicyclic amines) is 1. The summed E-state index contributed by atoms with van der Waals surface area (Å²) in [6.45, 7) is 6.82. The second kappa shape index (κ2) is 6.25. The summed E-state index contributed by atoms with van der Waals surface area (Å²) < 4.78 is 5.89. The lowest BCUT2D eigenvalue weighted by molar-refractivity contribution is -0.176. The summed E-state index contributed by atoms with van der Waals surface area (Å²) in [4.78, 5) is 14.6. The highest BCUT2D eigenvalue weighted by molar-refractivity contribution is 5.81. The maximum absolute atomic E-state index is 12.5. The summed E-state index contributed by atoms with van der Waals surface area (Å²) in [6.07, 6.45) is 8.94. The van der Waals surface area contributed by atoms with Crippen molar-refractivity contribution >= 4 is 5.91 Å². The Kier molecular flexibility index (Phi) is 4.55. The Morgan fingerprint density at radius 3 is 2.57 bits per heavy atom. The van der Waals surface area contributed by atoms with Gasteiger partial charge in [0.2, 0.25) is 5.91 Å². The minimum atomic E-state index is -0.0480. The molecule has 0 aromatic heterocycles. The predicted octanol–water partition coefficient (Wildman–Crippen LogP) is 2.32. The maximum atomic E-state index is 12.5. The van der Waals surface area contributed by atoms with Crippen molar-refractivity contribution in [2.24, 2.45) is 5.41 Å². The lowest BCUT2D eigenvalue weighted by Crippen LogP contribution is -2.69. The molecule has 2 saturated carbocycles. The largest absolute Gasteiger partial charge is 0.378 e. The molecule has 0 aromatic rings. The molecule has 21 heavy (non-hydrogen) atoms. The van der Waals surface area contributed by atoms with E-state index < -0.39 is 0 Å². The van der Waals surface area contributed by atoms with Crippen molar-refractivity contribution in [2.45, 2.75) is 77.0 Å². The average molecular weight is 294 g/mol. The van der Waals surface area contributed by atoms with Gasteiger partial charge in [-0.3, -0.25) is 4.79 Å². The number of hydrogen-bond donors (Lipinski definition) is 1. The number of carbonyl (C=O) groups is 1. The van der Waals surface area contributed by atoms with Crippen LogP contribution in [0.2, 0.25) is 0 Å². The maximum Gasteiger partial charge on any atom is 0.239 e. The minimum absolute atomic E-state index is 0.0480. The van der Waals surface area contributed by atoms with E-state index in [1.54, 1.807) is 0 Å². The Hall–Kier alpha value is -0.610. The fourth-order valence-corrected chi connectivity index (χ4v) is 4.43. The lowest BCUT2D eigenvalue weighted by atomic mass is 9.51. The van der Waals surface area contributed by atoms with Crippen molar-refractivity contribution in [1.82, 2.24) is 10.2 Å². The van der Waals surface area contributed by atoms with Crippen LogP contribution < -0.4 is 5.32 Å². The van der Waals surface area contributed by atoms with E-state index in [0.29, 0.717) is 23.5 Å². The molecule has 1 amide bonds. The third-order valence-corrected chi connectivity index (χ3v) is 5.93. The number of piperidine rings is 1. The van der Waals surface area contributed by atoms with Gasteiger partial charge in [0.15, 0.2) is 0 Å². The average Bonchev–Trinajstić information content (AvgIpc) is 2.44. The van der Waals surface area contributed by atoms with Gasteiger partial charge in [-0.05, 0) is 52.4 Å². The fraction of sp³-hybridized carbons (Fsp3) is 0.941. The molecular weight excluding hydrogens is 264 g/mol. The van der Waals surface area contributed by atoms with Gasteiger partial charge in [0.1, 0.15) is 0 Å². The third kappa shape index (κ3) is 2.72. The van der Waals surface area contributed by atoms with E-state index in [9.17, 15) is 4.79 Å². The summed E-state index contributed by atoms with van der Waals surface area (Å²) in [5, 5.41) is 3.62. The normalized spacial score (nSPS) is 32.4. The van der Waals surface area contributed by atoms with Crippen LogP contribution in [0.25, 0.3) is 0 Å². The van der Waals surface area contributed by atoms with Crippen molar-refractivity contribution in [1.29, 1.82) is 0 Å². The van der Waals surface area contributed by atoms with Crippen molar-refractivity contribution in [2.75, 3.05) is 19.7 Å². The Bertz CT molecular complexity index is 375. The van der Waals surface area contributed by atoms with E-state index >= 15 is 0 Å². The first-order valence-corrected chi connectivity index (χ1v) is 8.84. The predicted molar refractivity (Wildman–Crippen MR) is 83.1 cm³/mol. The fourth-order valence-electron chi connectivity index (χ4n) is 4.43. The first kappa shape index (κ1) is 15.3. The summed E-state index contributed by atoms with van der Waals surface area (Å²) in [5.41, 5.74) is 0.340. The van der Waals surface area contributed by atoms with E-state index in [2.05, 4.69) is 12.2 Å². The number of nitrogens with one attached hydrogen (secondary N) is 1. The van der Waals surface area contributed by atoms with E-state index in [1.165, 1.54) is 25.7 Å². The summed E-state index contributed by atoms with van der Waals surface area (Å²) >= 11 is 0. The van der Waals surface area contributed by atoms with Gasteiger partial charge in [0.05, 0.1) is 12.1 Å². The molecule has 0 aromatic carbocycles. The number of amides is 1. The van der Waals surface area contributed by atoms with Gasteiger partial charge < -0.3 is 15.0 Å². The highest BCUT2D eigenvalue weighted by Gasteiger charge is 2.59. The van der Waals surface area contributed by atoms with Gasteiger partial charge in [-0.2, -0.15) is 0 Å². The highest BCUT2D eigenvalue weighted by atomic mass is 16.5. The number of carbonyl (C=O) groups excluding carboxylic acids is 1. The van der Waals surface area contributed by atoms with Crippen LogP contribution >= 0.6 is 0 Å². The SMILES string of the molecule is CCOC1CC(NC(C)C(=O)N2CCCCC2)C12CCC2. The monoisotopic (exact) mass is 294 g/mol. The molecule has 0 bridgehead atoms. The van der Waals surface area contributed by atoms with Crippen LogP contribution in [0.4, 0.5) is 0 Å². The van der Waals surface area contributed by atoms with Crippen LogP contribution in [-0.2, 0) is 9.53 Å². The van der Waals surface area contributed by atoms with Gasteiger partial charge in [0, 0.05) is 31.2 Å². The summed E-state index contributed by atoms with van der Waals surface area (Å²) in [5.74, 6) is 0.295. The number of rotatable bonds is 5. The molecule has 4 nitrogen and oxygen atoms in total. The molecule has 3 aliphatic rings. The highest BCUT2D eigenvalue weighted by Crippen LogP contribution is 2.57. The Morgan fingerprint density at radius 2 is 2.00 bits per heavy atom. The van der Waals surface area contributed by atoms with E-state index in [1.807, 2.05) is 11.8 Å². The molecule has 3 unspecified atom stereocenters. The molecular formula is C17H30N2O2. The van der Waals surface area contributed by atoms with Crippen LogP contribution in [-0.4, -0.2) is 48.7 Å². The number of hydrogen-bond acceptors (Lipinski definition) is 3. The zero-order chi connectivity index (χ0) is 14.9. The number of nitrogens with zero attached hydrogens (tertiary/aromatic N) is 1. The van der Waals surface area contributed by atoms with Gasteiger partial charge in [-0.25, -0.2) is 0 Å². The zero-order valence-electron chi connectivity index (χ0n) is 13.6. The quantitative estimate of drug-likeness (QED) is 0.846. The lowest BCUT2D eigenvalue weighted by Gasteiger charge is -2.61. The summed E-state index contributed by atoms with van der Waals surface area (Å²) in [6, 6.07) is 0.430. The minimum Gasteiger partial charge on any atom is -0.378 e. The van der Waals surface area contributed by atoms with Crippen molar-refractivity contribution < 1.29 is 9.53 Å².